The van der Waals surface area contributed by atoms with Crippen molar-refractivity contribution in [2.75, 3.05) is 11.9 Å². The number of nitrogens with two attached hydrogens (primary N) is 1. The van der Waals surface area contributed by atoms with Crippen LogP contribution in [0.2, 0.25) is 10.0 Å². The largest absolute Gasteiger partial charge is 0.324 e. The lowest BCUT2D eigenvalue weighted by atomic mass is 10.2. The molecule has 4 N–H and O–H groups in total. The summed E-state index contributed by atoms with van der Waals surface area (Å²) in [6, 6.07) is 3.54. The maximum absolute atomic E-state index is 6.09. The molecule has 0 aliphatic carbocycles. The fourth-order valence-corrected chi connectivity index (χ4v) is 1.64. The number of anilines is 1. The summed E-state index contributed by atoms with van der Waals surface area (Å²) in [6.45, 7) is 4.61. The molecule has 0 amide bonds. The molecule has 0 unspecified atom stereocenters. The first kappa shape index (κ1) is 14.1. The molecule has 0 saturated carbocycles. The number of nitrogens with one attached hydrogen (secondary N) is 2. The lowest BCUT2D eigenvalue weighted by Gasteiger charge is -2.12. The third-order valence-corrected chi connectivity index (χ3v) is 2.85. The lowest BCUT2D eigenvalue weighted by Crippen LogP contribution is -2.36. The lowest BCUT2D eigenvalue weighted by molar-refractivity contribution is 0.905. The summed E-state index contributed by atoms with van der Waals surface area (Å²) in [5.74, 6) is 5.83. The molecule has 0 radical (unpaired) electrons. The van der Waals surface area contributed by atoms with Gasteiger partial charge < -0.3 is 5.32 Å². The average Bonchev–Trinajstić information content (AvgIpc) is 2.30. The standard InChI is InChI=1S/C11H16Cl2N4/c1-3-4-15-11(17-14)16-10-6-8(12)7(2)5-9(10)13/h5-6H,3-4,14H2,1-2H3,(H2,15,16,17). The smallest absolute Gasteiger partial charge is 0.210 e. The number of rotatable bonds is 3. The zero-order valence-corrected chi connectivity index (χ0v) is 11.4. The third kappa shape index (κ3) is 4.07. The van der Waals surface area contributed by atoms with Gasteiger partial charge in [0.2, 0.25) is 5.96 Å². The number of hydrazine groups is 1. The summed E-state index contributed by atoms with van der Waals surface area (Å²) in [7, 11) is 0. The van der Waals surface area contributed by atoms with E-state index in [1.54, 1.807) is 12.1 Å². The first-order valence-electron chi connectivity index (χ1n) is 5.32. The molecule has 0 aromatic heterocycles. The van der Waals surface area contributed by atoms with Crippen molar-refractivity contribution in [1.29, 1.82) is 0 Å². The van der Waals surface area contributed by atoms with Gasteiger partial charge in [-0.3, -0.25) is 10.4 Å². The number of hydrogen-bond acceptors (Lipinski definition) is 2. The number of hydrogen-bond donors (Lipinski definition) is 3. The highest BCUT2D eigenvalue weighted by Crippen LogP contribution is 2.28. The maximum Gasteiger partial charge on any atom is 0.210 e. The van der Waals surface area contributed by atoms with E-state index in [0.29, 0.717) is 28.2 Å². The highest BCUT2D eigenvalue weighted by Gasteiger charge is 2.06. The van der Waals surface area contributed by atoms with E-state index in [-0.39, 0.29) is 0 Å². The van der Waals surface area contributed by atoms with Crippen molar-refractivity contribution in [2.24, 2.45) is 10.8 Å². The number of guanidine groups is 1. The molecule has 17 heavy (non-hydrogen) atoms. The highest BCUT2D eigenvalue weighted by molar-refractivity contribution is 6.36. The van der Waals surface area contributed by atoms with Gasteiger partial charge in [-0.2, -0.15) is 0 Å². The molecule has 1 rings (SSSR count). The predicted octanol–water partition coefficient (Wildman–Crippen LogP) is 2.94. The van der Waals surface area contributed by atoms with Gasteiger partial charge in [0.05, 0.1) is 10.7 Å². The van der Waals surface area contributed by atoms with E-state index < -0.39 is 0 Å². The predicted molar refractivity (Wildman–Crippen MR) is 74.7 cm³/mol. The van der Waals surface area contributed by atoms with Crippen LogP contribution in [-0.2, 0) is 0 Å². The topological polar surface area (TPSA) is 62.4 Å². The number of aryl methyl sites for hydroxylation is 1. The Kier molecular flexibility index (Phi) is 5.55. The Bertz CT molecular complexity index is 418. The average molecular weight is 275 g/mol. The third-order valence-electron chi connectivity index (χ3n) is 2.13. The van der Waals surface area contributed by atoms with Crippen molar-refractivity contribution >= 4 is 34.8 Å². The van der Waals surface area contributed by atoms with Crippen molar-refractivity contribution in [3.05, 3.63) is 27.7 Å². The second kappa shape index (κ2) is 6.69. The minimum Gasteiger partial charge on any atom is -0.324 e. The Hall–Kier alpha value is -0.970. The Morgan fingerprint density at radius 1 is 1.35 bits per heavy atom. The quantitative estimate of drug-likeness (QED) is 0.344. The van der Waals surface area contributed by atoms with Gasteiger partial charge in [0, 0.05) is 11.6 Å². The molecular weight excluding hydrogens is 259 g/mol. The first-order valence-corrected chi connectivity index (χ1v) is 6.07. The molecule has 0 fully saturated rings. The van der Waals surface area contributed by atoms with Gasteiger partial charge in [0.25, 0.3) is 0 Å². The Balaban J connectivity index is 2.90. The van der Waals surface area contributed by atoms with Gasteiger partial charge in [-0.15, -0.1) is 0 Å². The molecule has 0 saturated heterocycles. The number of nitrogens with zero attached hydrogens (tertiary/aromatic N) is 1. The molecule has 6 heteroatoms. The van der Waals surface area contributed by atoms with E-state index in [0.717, 1.165) is 12.0 Å². The molecular formula is C11H16Cl2N4. The van der Waals surface area contributed by atoms with Gasteiger partial charge >= 0.3 is 0 Å². The zero-order valence-electron chi connectivity index (χ0n) is 9.85. The van der Waals surface area contributed by atoms with Crippen LogP contribution in [0.1, 0.15) is 18.9 Å². The Morgan fingerprint density at radius 3 is 2.65 bits per heavy atom. The molecule has 0 heterocycles. The van der Waals surface area contributed by atoms with Crippen molar-refractivity contribution in [3.8, 4) is 0 Å². The Morgan fingerprint density at radius 2 is 2.06 bits per heavy atom. The number of benzene rings is 1. The van der Waals surface area contributed by atoms with Crippen LogP contribution in [-0.4, -0.2) is 12.5 Å². The van der Waals surface area contributed by atoms with E-state index in [4.69, 9.17) is 29.0 Å². The fourth-order valence-electron chi connectivity index (χ4n) is 1.21. The van der Waals surface area contributed by atoms with Gasteiger partial charge in [0.15, 0.2) is 0 Å². The maximum atomic E-state index is 6.09. The van der Waals surface area contributed by atoms with Gasteiger partial charge in [-0.1, -0.05) is 30.1 Å². The fraction of sp³-hybridized carbons (Fsp3) is 0.364. The van der Waals surface area contributed by atoms with Crippen LogP contribution >= 0.6 is 23.2 Å². The summed E-state index contributed by atoms with van der Waals surface area (Å²) in [6.07, 6.45) is 0.940. The molecule has 94 valence electrons. The van der Waals surface area contributed by atoms with Crippen LogP contribution in [0.5, 0.6) is 0 Å². The minimum absolute atomic E-state index is 0.466. The summed E-state index contributed by atoms with van der Waals surface area (Å²) in [4.78, 5) is 4.22. The van der Waals surface area contributed by atoms with E-state index >= 15 is 0 Å². The SMILES string of the molecule is CCCN=C(NN)Nc1cc(Cl)c(C)cc1Cl. The van der Waals surface area contributed by atoms with Crippen LogP contribution < -0.4 is 16.6 Å². The number of aliphatic imine (C=N–C) groups is 1. The van der Waals surface area contributed by atoms with E-state index in [9.17, 15) is 0 Å². The van der Waals surface area contributed by atoms with Crippen LogP contribution in [0.25, 0.3) is 0 Å². The second-order valence-electron chi connectivity index (χ2n) is 3.58. The molecule has 0 spiro atoms. The molecule has 1 aromatic rings. The van der Waals surface area contributed by atoms with Gasteiger partial charge in [-0.25, -0.2) is 5.84 Å². The summed E-state index contributed by atoms with van der Waals surface area (Å²) in [5, 5.41) is 4.22. The van der Waals surface area contributed by atoms with Crippen LogP contribution in [0.4, 0.5) is 5.69 Å². The number of halogens is 2. The normalized spacial score (nSPS) is 11.5. The summed E-state index contributed by atoms with van der Waals surface area (Å²) < 4.78 is 0. The van der Waals surface area contributed by atoms with E-state index in [2.05, 4.69) is 15.7 Å². The second-order valence-corrected chi connectivity index (χ2v) is 4.40. The van der Waals surface area contributed by atoms with Crippen molar-refractivity contribution < 1.29 is 0 Å². The monoisotopic (exact) mass is 274 g/mol. The molecule has 0 aliphatic heterocycles. The molecule has 0 aliphatic rings. The van der Waals surface area contributed by atoms with Gasteiger partial charge in [-0.05, 0) is 31.0 Å². The van der Waals surface area contributed by atoms with E-state index in [1.807, 2.05) is 13.8 Å². The van der Waals surface area contributed by atoms with Crippen LogP contribution in [0, 0.1) is 6.92 Å². The first-order chi connectivity index (χ1) is 8.08. The zero-order chi connectivity index (χ0) is 12.8. The Labute approximate surface area is 111 Å². The molecule has 1 aromatic carbocycles. The minimum atomic E-state index is 0.466. The van der Waals surface area contributed by atoms with Crippen LogP contribution in [0.3, 0.4) is 0 Å². The van der Waals surface area contributed by atoms with E-state index in [1.165, 1.54) is 0 Å². The van der Waals surface area contributed by atoms with Crippen molar-refractivity contribution in [3.63, 3.8) is 0 Å². The van der Waals surface area contributed by atoms with Crippen molar-refractivity contribution in [1.82, 2.24) is 5.43 Å². The molecule has 4 nitrogen and oxygen atoms in total. The molecule has 0 bridgehead atoms. The highest BCUT2D eigenvalue weighted by atomic mass is 35.5. The summed E-state index contributed by atoms with van der Waals surface area (Å²) >= 11 is 12.1. The summed E-state index contributed by atoms with van der Waals surface area (Å²) in [5.41, 5.74) is 4.09. The molecule has 0 atom stereocenters. The van der Waals surface area contributed by atoms with Crippen molar-refractivity contribution in [2.45, 2.75) is 20.3 Å². The van der Waals surface area contributed by atoms with Gasteiger partial charge in [0.1, 0.15) is 0 Å². The van der Waals surface area contributed by atoms with Crippen LogP contribution in [0.15, 0.2) is 17.1 Å².